The van der Waals surface area contributed by atoms with Crippen LogP contribution in [0.1, 0.15) is 30.6 Å². The van der Waals surface area contributed by atoms with Crippen LogP contribution in [0.3, 0.4) is 0 Å². The maximum atomic E-state index is 12.7. The third-order valence-corrected chi connectivity index (χ3v) is 5.55. The molecule has 3 atom stereocenters. The van der Waals surface area contributed by atoms with Gasteiger partial charge < -0.3 is 9.88 Å². The number of rotatable bonds is 2. The van der Waals surface area contributed by atoms with Gasteiger partial charge in [-0.15, -0.1) is 0 Å². The summed E-state index contributed by atoms with van der Waals surface area (Å²) in [6.07, 6.45) is 2.96. The van der Waals surface area contributed by atoms with Crippen LogP contribution in [0.15, 0.2) is 24.5 Å². The number of fused-ring (bicyclic) bond motifs is 3. The van der Waals surface area contributed by atoms with Crippen molar-refractivity contribution in [1.82, 2.24) is 19.8 Å². The smallest absolute Gasteiger partial charge is 0.251 e. The second-order valence-electron chi connectivity index (χ2n) is 7.16. The van der Waals surface area contributed by atoms with Gasteiger partial charge in [-0.25, -0.2) is 4.98 Å². The zero-order chi connectivity index (χ0) is 15.5. The minimum Gasteiger partial charge on any atom is -0.347 e. The minimum absolute atomic E-state index is 0.0133. The summed E-state index contributed by atoms with van der Waals surface area (Å²) in [6, 6.07) is 5.96. The van der Waals surface area contributed by atoms with Crippen LogP contribution in [0.4, 0.5) is 0 Å². The fourth-order valence-electron chi connectivity index (χ4n) is 4.15. The second kappa shape index (κ2) is 4.56. The first-order valence-corrected chi connectivity index (χ1v) is 7.94. The number of aromatic nitrogens is 2. The van der Waals surface area contributed by atoms with Crippen LogP contribution >= 0.6 is 0 Å². The molecule has 1 aromatic heterocycles. The Kier molecular flexibility index (Phi) is 2.85. The lowest BCUT2D eigenvalue weighted by Gasteiger charge is -2.40. The van der Waals surface area contributed by atoms with Crippen molar-refractivity contribution in [2.45, 2.75) is 31.8 Å². The van der Waals surface area contributed by atoms with Crippen LogP contribution in [0, 0.1) is 5.92 Å². The number of carbonyl (C=O) groups excluding carboxylic acids is 1. The fraction of sp³-hybridized carbons (Fsp3) is 0.529. The van der Waals surface area contributed by atoms with Gasteiger partial charge in [0.1, 0.15) is 0 Å². The lowest BCUT2D eigenvalue weighted by Crippen LogP contribution is -2.56. The first-order chi connectivity index (χ1) is 10.5. The first-order valence-electron chi connectivity index (χ1n) is 7.94. The number of amides is 1. The van der Waals surface area contributed by atoms with Crippen molar-refractivity contribution in [3.63, 3.8) is 0 Å². The van der Waals surface area contributed by atoms with Crippen LogP contribution in [0.2, 0.25) is 0 Å². The molecule has 1 amide bonds. The Labute approximate surface area is 130 Å². The molecule has 2 aliphatic heterocycles. The number of aryl methyl sites for hydroxylation is 1. The molecule has 0 radical (unpaired) electrons. The number of carbonyl (C=O) groups is 1. The third kappa shape index (κ3) is 1.88. The average Bonchev–Trinajstić information content (AvgIpc) is 3.16. The van der Waals surface area contributed by atoms with E-state index in [9.17, 15) is 4.79 Å². The molecule has 2 aromatic rings. The van der Waals surface area contributed by atoms with Crippen LogP contribution in [-0.4, -0.2) is 45.0 Å². The standard InChI is InChI=1S/C17H22N4O/c1-17(2)15(12-6-7-21(17)9-12)19-16(22)11-4-5-14-13(8-11)18-10-20(14)3/h4-5,8,10,12,15H,6-7,9H2,1-3H3,(H,19,22)/t12?,15-/m1/s1. The number of piperidine rings is 1. The number of nitrogens with zero attached hydrogens (tertiary/aromatic N) is 3. The summed E-state index contributed by atoms with van der Waals surface area (Å²) < 4.78 is 1.96. The van der Waals surface area contributed by atoms with E-state index in [0.29, 0.717) is 11.5 Å². The van der Waals surface area contributed by atoms with Crippen LogP contribution in [-0.2, 0) is 7.05 Å². The SMILES string of the molecule is Cn1cnc2cc(C(=O)N[C@@H]3C4CCN(C4)C3(C)C)ccc21. The molecule has 2 saturated heterocycles. The second-order valence-corrected chi connectivity index (χ2v) is 7.16. The van der Waals surface area contributed by atoms with Gasteiger partial charge in [-0.3, -0.25) is 9.69 Å². The van der Waals surface area contributed by atoms with Crippen molar-refractivity contribution >= 4 is 16.9 Å². The molecule has 2 unspecified atom stereocenters. The van der Waals surface area contributed by atoms with Crippen molar-refractivity contribution in [3.8, 4) is 0 Å². The van der Waals surface area contributed by atoms with Crippen molar-refractivity contribution in [2.75, 3.05) is 13.1 Å². The monoisotopic (exact) mass is 298 g/mol. The molecule has 116 valence electrons. The van der Waals surface area contributed by atoms with Crippen LogP contribution < -0.4 is 5.32 Å². The zero-order valence-electron chi connectivity index (χ0n) is 13.3. The van der Waals surface area contributed by atoms with Gasteiger partial charge in [-0.2, -0.15) is 0 Å². The molecule has 0 saturated carbocycles. The predicted octanol–water partition coefficient (Wildman–Crippen LogP) is 1.79. The molecule has 4 rings (SSSR count). The Morgan fingerprint density at radius 3 is 2.95 bits per heavy atom. The van der Waals surface area contributed by atoms with Gasteiger partial charge in [-0.1, -0.05) is 0 Å². The molecule has 1 N–H and O–H groups in total. The van der Waals surface area contributed by atoms with E-state index in [1.165, 1.54) is 6.42 Å². The van der Waals surface area contributed by atoms with E-state index in [0.717, 1.165) is 24.1 Å². The summed E-state index contributed by atoms with van der Waals surface area (Å²) in [4.78, 5) is 19.5. The number of nitrogens with one attached hydrogen (secondary N) is 1. The van der Waals surface area contributed by atoms with Gasteiger partial charge in [0, 0.05) is 24.7 Å². The van der Waals surface area contributed by atoms with Gasteiger partial charge in [0.25, 0.3) is 5.91 Å². The lowest BCUT2D eigenvalue weighted by molar-refractivity contribution is 0.0835. The summed E-state index contributed by atoms with van der Waals surface area (Å²) in [5.41, 5.74) is 2.65. The highest BCUT2D eigenvalue weighted by Crippen LogP contribution is 2.40. The molecular weight excluding hydrogens is 276 g/mol. The maximum absolute atomic E-state index is 12.7. The Bertz CT molecular complexity index is 748. The maximum Gasteiger partial charge on any atom is 0.251 e. The van der Waals surface area contributed by atoms with E-state index in [1.807, 2.05) is 29.8 Å². The minimum atomic E-state index is 0.0133. The van der Waals surface area contributed by atoms with E-state index in [1.54, 1.807) is 6.33 Å². The molecule has 0 spiro atoms. The van der Waals surface area contributed by atoms with E-state index >= 15 is 0 Å². The summed E-state index contributed by atoms with van der Waals surface area (Å²) in [6.45, 7) is 6.74. The summed E-state index contributed by atoms with van der Waals surface area (Å²) in [7, 11) is 1.96. The molecule has 1 aromatic carbocycles. The number of hydrogen-bond donors (Lipinski definition) is 1. The van der Waals surface area contributed by atoms with Gasteiger partial charge in [0.15, 0.2) is 0 Å². The predicted molar refractivity (Wildman–Crippen MR) is 85.7 cm³/mol. The molecule has 5 heteroatoms. The van der Waals surface area contributed by atoms with E-state index in [-0.39, 0.29) is 17.5 Å². The topological polar surface area (TPSA) is 50.2 Å². The summed E-state index contributed by atoms with van der Waals surface area (Å²) in [5.74, 6) is 0.594. The van der Waals surface area contributed by atoms with Crippen LogP contribution in [0.5, 0.6) is 0 Å². The molecule has 0 aliphatic carbocycles. The van der Waals surface area contributed by atoms with E-state index in [4.69, 9.17) is 0 Å². The Morgan fingerprint density at radius 1 is 1.41 bits per heavy atom. The first kappa shape index (κ1) is 13.8. The lowest BCUT2D eigenvalue weighted by atomic mass is 9.85. The highest BCUT2D eigenvalue weighted by molar-refractivity contribution is 5.97. The van der Waals surface area contributed by atoms with Crippen molar-refractivity contribution < 1.29 is 4.79 Å². The molecule has 2 aliphatic rings. The van der Waals surface area contributed by atoms with E-state index < -0.39 is 0 Å². The van der Waals surface area contributed by atoms with E-state index in [2.05, 4.69) is 29.0 Å². The highest BCUT2D eigenvalue weighted by Gasteiger charge is 2.51. The number of imidazole rings is 1. The van der Waals surface area contributed by atoms with Gasteiger partial charge in [0.05, 0.1) is 23.4 Å². The van der Waals surface area contributed by atoms with Crippen molar-refractivity contribution in [1.29, 1.82) is 0 Å². The number of hydrogen-bond acceptors (Lipinski definition) is 3. The Hall–Kier alpha value is -1.88. The zero-order valence-corrected chi connectivity index (χ0v) is 13.3. The summed E-state index contributed by atoms with van der Waals surface area (Å²) >= 11 is 0. The van der Waals surface area contributed by atoms with Crippen LogP contribution in [0.25, 0.3) is 11.0 Å². The Balaban J connectivity index is 1.58. The fourth-order valence-corrected chi connectivity index (χ4v) is 4.15. The molecule has 2 fully saturated rings. The van der Waals surface area contributed by atoms with Crippen molar-refractivity contribution in [3.05, 3.63) is 30.1 Å². The molecule has 22 heavy (non-hydrogen) atoms. The van der Waals surface area contributed by atoms with Gasteiger partial charge >= 0.3 is 0 Å². The molecule has 2 bridgehead atoms. The van der Waals surface area contributed by atoms with Gasteiger partial charge in [0.2, 0.25) is 0 Å². The Morgan fingerprint density at radius 2 is 2.23 bits per heavy atom. The number of benzene rings is 1. The molecule has 3 heterocycles. The molecule has 5 nitrogen and oxygen atoms in total. The molecular formula is C17H22N4O. The highest BCUT2D eigenvalue weighted by atomic mass is 16.1. The average molecular weight is 298 g/mol. The van der Waals surface area contributed by atoms with Gasteiger partial charge in [-0.05, 0) is 50.9 Å². The largest absolute Gasteiger partial charge is 0.347 e. The summed E-state index contributed by atoms with van der Waals surface area (Å²) in [5, 5.41) is 3.27. The normalized spacial score (nSPS) is 29.1. The third-order valence-electron chi connectivity index (χ3n) is 5.55. The quantitative estimate of drug-likeness (QED) is 0.919. The van der Waals surface area contributed by atoms with Crippen molar-refractivity contribution in [2.24, 2.45) is 13.0 Å².